The predicted molar refractivity (Wildman–Crippen MR) is 102 cm³/mol. The van der Waals surface area contributed by atoms with E-state index >= 15 is 0 Å². The normalized spacial score (nSPS) is 12.0. The van der Waals surface area contributed by atoms with Gasteiger partial charge in [-0.1, -0.05) is 18.3 Å². The smallest absolute Gasteiger partial charge is 0.317 e. The molecule has 2 amide bonds. The van der Waals surface area contributed by atoms with Gasteiger partial charge in [-0.2, -0.15) is 0 Å². The highest BCUT2D eigenvalue weighted by molar-refractivity contribution is 7.05. The van der Waals surface area contributed by atoms with Crippen LogP contribution in [0.15, 0.2) is 18.2 Å². The van der Waals surface area contributed by atoms with E-state index in [-0.39, 0.29) is 18.0 Å². The van der Waals surface area contributed by atoms with Crippen molar-refractivity contribution in [2.45, 2.75) is 39.3 Å². The zero-order valence-electron chi connectivity index (χ0n) is 16.1. The number of hydrogen-bond donors (Lipinski definition) is 1. The van der Waals surface area contributed by atoms with Crippen molar-refractivity contribution in [2.75, 3.05) is 21.3 Å². The quantitative estimate of drug-likeness (QED) is 0.797. The number of carbonyl (C=O) groups is 1. The number of nitrogens with zero attached hydrogens (tertiary/aromatic N) is 3. The highest BCUT2D eigenvalue weighted by atomic mass is 32.1. The van der Waals surface area contributed by atoms with Crippen molar-refractivity contribution in [3.05, 3.63) is 34.3 Å². The third-order valence-electron chi connectivity index (χ3n) is 4.32. The van der Waals surface area contributed by atoms with Gasteiger partial charge in [0.05, 0.1) is 37.4 Å². The Kier molecular flexibility index (Phi) is 6.79. The van der Waals surface area contributed by atoms with Crippen LogP contribution < -0.4 is 14.8 Å². The van der Waals surface area contributed by atoms with Crippen LogP contribution in [0.5, 0.6) is 11.5 Å². The average molecular weight is 378 g/mol. The van der Waals surface area contributed by atoms with E-state index in [0.29, 0.717) is 18.0 Å². The van der Waals surface area contributed by atoms with Crippen LogP contribution in [0.4, 0.5) is 4.79 Å². The zero-order valence-corrected chi connectivity index (χ0v) is 16.9. The monoisotopic (exact) mass is 378 g/mol. The molecule has 8 heteroatoms. The number of nitrogens with one attached hydrogen (secondary N) is 1. The molecule has 142 valence electrons. The molecule has 1 heterocycles. The molecule has 1 N–H and O–H groups in total. The fourth-order valence-corrected chi connectivity index (χ4v) is 3.34. The molecule has 0 aliphatic rings. The zero-order chi connectivity index (χ0) is 19.3. The first kappa shape index (κ1) is 20.0. The number of rotatable bonds is 7. The molecule has 0 aliphatic heterocycles. The van der Waals surface area contributed by atoms with Crippen molar-refractivity contribution in [3.8, 4) is 11.5 Å². The predicted octanol–water partition coefficient (Wildman–Crippen LogP) is 3.58. The van der Waals surface area contributed by atoms with Crippen molar-refractivity contribution in [3.63, 3.8) is 0 Å². The van der Waals surface area contributed by atoms with E-state index in [9.17, 15) is 4.79 Å². The fourth-order valence-electron chi connectivity index (χ4n) is 2.61. The van der Waals surface area contributed by atoms with E-state index in [0.717, 1.165) is 16.1 Å². The topological polar surface area (TPSA) is 76.6 Å². The summed E-state index contributed by atoms with van der Waals surface area (Å²) in [4.78, 5) is 15.2. The van der Waals surface area contributed by atoms with Crippen molar-refractivity contribution in [2.24, 2.45) is 0 Å². The van der Waals surface area contributed by atoms with Gasteiger partial charge in [-0.3, -0.25) is 0 Å². The second-order valence-electron chi connectivity index (χ2n) is 6.29. The number of aromatic nitrogens is 2. The van der Waals surface area contributed by atoms with Gasteiger partial charge in [0.1, 0.15) is 11.5 Å². The number of methoxy groups -OCH3 is 2. The summed E-state index contributed by atoms with van der Waals surface area (Å²) in [5.74, 6) is 1.68. The lowest BCUT2D eigenvalue weighted by molar-refractivity contribution is 0.193. The number of hydrogen-bond acceptors (Lipinski definition) is 6. The minimum absolute atomic E-state index is 0.167. The molecule has 1 aromatic carbocycles. The van der Waals surface area contributed by atoms with Crippen molar-refractivity contribution < 1.29 is 14.3 Å². The molecular weight excluding hydrogens is 352 g/mol. The summed E-state index contributed by atoms with van der Waals surface area (Å²) < 4.78 is 14.7. The highest BCUT2D eigenvalue weighted by Gasteiger charge is 2.21. The number of ether oxygens (including phenoxy) is 2. The summed E-state index contributed by atoms with van der Waals surface area (Å²) in [6.45, 7) is 6.50. The molecule has 1 atom stereocenters. The van der Waals surface area contributed by atoms with E-state index in [1.807, 2.05) is 25.1 Å². The summed E-state index contributed by atoms with van der Waals surface area (Å²) in [5.41, 5.74) is 1.84. The van der Waals surface area contributed by atoms with Crippen LogP contribution in [0.25, 0.3) is 0 Å². The largest absolute Gasteiger partial charge is 0.497 e. The summed E-state index contributed by atoms with van der Waals surface area (Å²) in [7, 11) is 4.98. The van der Waals surface area contributed by atoms with Gasteiger partial charge in [0.2, 0.25) is 0 Å². The highest BCUT2D eigenvalue weighted by Crippen LogP contribution is 2.32. The van der Waals surface area contributed by atoms with Crippen LogP contribution in [-0.2, 0) is 6.54 Å². The Morgan fingerprint density at radius 1 is 1.27 bits per heavy atom. The minimum atomic E-state index is -0.168. The lowest BCUT2D eigenvalue weighted by Gasteiger charge is -2.27. The van der Waals surface area contributed by atoms with Crippen molar-refractivity contribution >= 4 is 17.6 Å². The number of amides is 2. The molecule has 0 saturated heterocycles. The molecular formula is C18H26N4O3S. The SMILES string of the molecule is COc1ccc(C(C)N(C)C(=O)NCc2snnc2C(C)C)c(OC)c1. The summed E-state index contributed by atoms with van der Waals surface area (Å²) in [6.07, 6.45) is 0. The van der Waals surface area contributed by atoms with E-state index < -0.39 is 0 Å². The molecule has 7 nitrogen and oxygen atoms in total. The molecule has 0 fully saturated rings. The van der Waals surface area contributed by atoms with E-state index in [4.69, 9.17) is 9.47 Å². The molecule has 2 rings (SSSR count). The molecule has 0 radical (unpaired) electrons. The summed E-state index contributed by atoms with van der Waals surface area (Å²) in [6, 6.07) is 5.25. The molecule has 1 unspecified atom stereocenters. The number of benzene rings is 1. The lowest BCUT2D eigenvalue weighted by atomic mass is 10.1. The van der Waals surface area contributed by atoms with Gasteiger partial charge in [0.25, 0.3) is 0 Å². The maximum absolute atomic E-state index is 12.6. The summed E-state index contributed by atoms with van der Waals surface area (Å²) in [5, 5.41) is 7.08. The van der Waals surface area contributed by atoms with Crippen LogP contribution in [0.2, 0.25) is 0 Å². The van der Waals surface area contributed by atoms with E-state index in [2.05, 4.69) is 28.8 Å². The van der Waals surface area contributed by atoms with Gasteiger partial charge >= 0.3 is 6.03 Å². The standard InChI is InChI=1S/C18H26N4O3S/c1-11(2)17-16(26-21-20-17)10-19-18(23)22(4)12(3)14-8-7-13(24-5)9-15(14)25-6/h7-9,11-12H,10H2,1-6H3,(H,19,23). The van der Waals surface area contributed by atoms with Crippen molar-refractivity contribution in [1.82, 2.24) is 19.8 Å². The fraction of sp³-hybridized carbons (Fsp3) is 0.500. The Balaban J connectivity index is 2.06. The Hall–Kier alpha value is -2.35. The van der Waals surface area contributed by atoms with Gasteiger partial charge in [0.15, 0.2) is 0 Å². The van der Waals surface area contributed by atoms with Gasteiger partial charge in [-0.25, -0.2) is 4.79 Å². The first-order valence-corrected chi connectivity index (χ1v) is 9.20. The maximum atomic E-state index is 12.6. The average Bonchev–Trinajstić information content (AvgIpc) is 3.13. The second kappa shape index (κ2) is 8.84. The molecule has 0 spiro atoms. The van der Waals surface area contributed by atoms with Crippen molar-refractivity contribution in [1.29, 1.82) is 0 Å². The molecule has 0 saturated carbocycles. The van der Waals surface area contributed by atoms with Crippen LogP contribution >= 0.6 is 11.5 Å². The Bertz CT molecular complexity index is 748. The Morgan fingerprint density at radius 2 is 2.00 bits per heavy atom. The molecule has 1 aromatic heterocycles. The lowest BCUT2D eigenvalue weighted by Crippen LogP contribution is -2.38. The summed E-state index contributed by atoms with van der Waals surface area (Å²) >= 11 is 1.32. The van der Waals surface area contributed by atoms with Crippen LogP contribution in [0.1, 0.15) is 48.9 Å². The first-order valence-electron chi connectivity index (χ1n) is 8.42. The first-order chi connectivity index (χ1) is 12.4. The minimum Gasteiger partial charge on any atom is -0.497 e. The molecule has 2 aromatic rings. The third kappa shape index (κ3) is 4.43. The van der Waals surface area contributed by atoms with E-state index in [1.54, 1.807) is 26.2 Å². The Morgan fingerprint density at radius 3 is 2.62 bits per heavy atom. The van der Waals surface area contributed by atoms with Crippen LogP contribution in [0, 0.1) is 0 Å². The number of urea groups is 1. The van der Waals surface area contributed by atoms with Crippen LogP contribution in [-0.4, -0.2) is 41.8 Å². The number of carbonyl (C=O) groups excluding carboxylic acids is 1. The van der Waals surface area contributed by atoms with Gasteiger partial charge < -0.3 is 19.7 Å². The van der Waals surface area contributed by atoms with Gasteiger partial charge in [0, 0.05) is 18.7 Å². The second-order valence-corrected chi connectivity index (χ2v) is 7.13. The van der Waals surface area contributed by atoms with Crippen LogP contribution in [0.3, 0.4) is 0 Å². The Labute approximate surface area is 158 Å². The van der Waals surface area contributed by atoms with E-state index in [1.165, 1.54) is 11.5 Å². The molecule has 0 aliphatic carbocycles. The van der Waals surface area contributed by atoms with Gasteiger partial charge in [-0.05, 0) is 36.5 Å². The molecule has 0 bridgehead atoms. The van der Waals surface area contributed by atoms with Gasteiger partial charge in [-0.15, -0.1) is 5.10 Å². The third-order valence-corrected chi connectivity index (χ3v) is 5.06. The maximum Gasteiger partial charge on any atom is 0.317 e. The molecule has 26 heavy (non-hydrogen) atoms.